The van der Waals surface area contributed by atoms with Crippen molar-refractivity contribution in [3.63, 3.8) is 0 Å². The molecule has 0 aromatic heterocycles. The Morgan fingerprint density at radius 3 is 2.82 bits per heavy atom. The van der Waals surface area contributed by atoms with Gasteiger partial charge in [-0.3, -0.25) is 4.18 Å². The molecule has 1 aromatic rings. The van der Waals surface area contributed by atoms with Gasteiger partial charge in [0.1, 0.15) is 0 Å². The predicted octanol–water partition coefficient (Wildman–Crippen LogP) is 3.88. The van der Waals surface area contributed by atoms with Gasteiger partial charge in [0.05, 0.1) is 12.4 Å². The van der Waals surface area contributed by atoms with Crippen molar-refractivity contribution in [2.45, 2.75) is 52.9 Å². The van der Waals surface area contributed by atoms with Gasteiger partial charge in [-0.05, 0) is 67.6 Å². The van der Waals surface area contributed by atoms with Gasteiger partial charge in [-0.15, -0.1) is 0 Å². The maximum atomic E-state index is 11.8. The Balaban J connectivity index is 1.79. The molecule has 1 unspecified atom stereocenters. The van der Waals surface area contributed by atoms with E-state index in [0.29, 0.717) is 18.9 Å². The van der Waals surface area contributed by atoms with E-state index in [9.17, 15) is 8.42 Å². The summed E-state index contributed by atoms with van der Waals surface area (Å²) < 4.78 is 28.6. The molecule has 0 spiro atoms. The molecule has 1 aliphatic rings. The topological polar surface area (TPSA) is 43.4 Å². The number of rotatable bonds is 7. The first-order chi connectivity index (χ1) is 10.4. The van der Waals surface area contributed by atoms with Gasteiger partial charge in [-0.1, -0.05) is 32.0 Å². The lowest BCUT2D eigenvalue weighted by molar-refractivity contribution is 0.274. The van der Waals surface area contributed by atoms with E-state index in [0.717, 1.165) is 19.3 Å². The summed E-state index contributed by atoms with van der Waals surface area (Å²) in [5, 5.41) is 0. The fraction of sp³-hybridized carbons (Fsp3) is 0.667. The van der Waals surface area contributed by atoms with Crippen molar-refractivity contribution < 1.29 is 12.6 Å². The van der Waals surface area contributed by atoms with Crippen molar-refractivity contribution in [2.24, 2.45) is 11.8 Å². The lowest BCUT2D eigenvalue weighted by atomic mass is 9.80. The minimum Gasteiger partial charge on any atom is -0.270 e. The highest BCUT2D eigenvalue weighted by atomic mass is 32.2. The summed E-state index contributed by atoms with van der Waals surface area (Å²) in [4.78, 5) is 0. The van der Waals surface area contributed by atoms with Gasteiger partial charge in [-0.2, -0.15) is 8.42 Å². The summed E-state index contributed by atoms with van der Waals surface area (Å²) in [6, 6.07) is 6.52. The molecule has 124 valence electrons. The molecule has 0 N–H and O–H groups in total. The van der Waals surface area contributed by atoms with E-state index in [-0.39, 0.29) is 11.7 Å². The molecular weight excluding hydrogens is 296 g/mol. The Labute approximate surface area is 135 Å². The first-order valence-corrected chi connectivity index (χ1v) is 9.89. The van der Waals surface area contributed by atoms with Crippen LogP contribution in [-0.4, -0.2) is 20.8 Å². The third-order valence-electron chi connectivity index (χ3n) is 4.41. The van der Waals surface area contributed by atoms with Gasteiger partial charge in [0.25, 0.3) is 10.1 Å². The van der Waals surface area contributed by atoms with Crippen LogP contribution in [0.3, 0.4) is 0 Å². The zero-order valence-corrected chi connectivity index (χ0v) is 14.8. The summed E-state index contributed by atoms with van der Waals surface area (Å²) in [5.74, 6) is 0.999. The lowest BCUT2D eigenvalue weighted by Gasteiger charge is -2.25. The van der Waals surface area contributed by atoms with Crippen LogP contribution in [0.4, 0.5) is 0 Å². The van der Waals surface area contributed by atoms with E-state index in [1.807, 2.05) is 13.8 Å². The first kappa shape index (κ1) is 17.5. The largest absolute Gasteiger partial charge is 0.270 e. The van der Waals surface area contributed by atoms with E-state index >= 15 is 0 Å². The molecule has 0 amide bonds. The molecule has 0 fully saturated rings. The Kier molecular flexibility index (Phi) is 6.04. The SMILES string of the molecule is Cc1cccc2c1CCC(CCCS(=O)(=O)OCC(C)C)C2. The summed E-state index contributed by atoms with van der Waals surface area (Å²) in [6.07, 6.45) is 5.06. The van der Waals surface area contributed by atoms with Crippen LogP contribution in [0, 0.1) is 18.8 Å². The van der Waals surface area contributed by atoms with Crippen molar-refractivity contribution >= 4 is 10.1 Å². The van der Waals surface area contributed by atoms with Crippen LogP contribution < -0.4 is 0 Å². The second-order valence-electron chi connectivity index (χ2n) is 6.90. The molecule has 0 aliphatic heterocycles. The zero-order chi connectivity index (χ0) is 16.2. The van der Waals surface area contributed by atoms with E-state index in [1.54, 1.807) is 0 Å². The van der Waals surface area contributed by atoms with Crippen molar-refractivity contribution in [3.05, 3.63) is 34.9 Å². The second kappa shape index (κ2) is 7.60. The van der Waals surface area contributed by atoms with Crippen molar-refractivity contribution in [2.75, 3.05) is 12.4 Å². The summed E-state index contributed by atoms with van der Waals surface area (Å²) in [6.45, 7) is 6.38. The highest BCUT2D eigenvalue weighted by molar-refractivity contribution is 7.86. The Hall–Kier alpha value is -0.870. The maximum absolute atomic E-state index is 11.8. The number of hydrogen-bond donors (Lipinski definition) is 0. The van der Waals surface area contributed by atoms with Crippen molar-refractivity contribution in [1.82, 2.24) is 0 Å². The highest BCUT2D eigenvalue weighted by Gasteiger charge is 2.20. The molecule has 4 heteroatoms. The third kappa shape index (κ3) is 5.10. The molecule has 0 saturated carbocycles. The van der Waals surface area contributed by atoms with Crippen LogP contribution in [0.15, 0.2) is 18.2 Å². The molecule has 0 saturated heterocycles. The molecule has 1 aromatic carbocycles. The van der Waals surface area contributed by atoms with Gasteiger partial charge in [0, 0.05) is 0 Å². The van der Waals surface area contributed by atoms with Crippen LogP contribution in [0.5, 0.6) is 0 Å². The number of benzene rings is 1. The monoisotopic (exact) mass is 324 g/mol. The minimum absolute atomic E-state index is 0.150. The molecule has 1 aliphatic carbocycles. The molecule has 0 radical (unpaired) electrons. The number of hydrogen-bond acceptors (Lipinski definition) is 3. The van der Waals surface area contributed by atoms with E-state index in [4.69, 9.17) is 4.18 Å². The smallest absolute Gasteiger partial charge is 0.267 e. The van der Waals surface area contributed by atoms with Gasteiger partial charge < -0.3 is 0 Å². The molecule has 2 rings (SSSR count). The van der Waals surface area contributed by atoms with Gasteiger partial charge in [-0.25, -0.2) is 0 Å². The summed E-state index contributed by atoms with van der Waals surface area (Å²) >= 11 is 0. The van der Waals surface area contributed by atoms with Crippen LogP contribution in [0.1, 0.15) is 49.8 Å². The second-order valence-corrected chi connectivity index (χ2v) is 8.66. The summed E-state index contributed by atoms with van der Waals surface area (Å²) in [5.41, 5.74) is 4.35. The Morgan fingerprint density at radius 2 is 2.09 bits per heavy atom. The summed E-state index contributed by atoms with van der Waals surface area (Å²) in [7, 11) is -3.34. The average molecular weight is 324 g/mol. The van der Waals surface area contributed by atoms with Crippen LogP contribution in [0.2, 0.25) is 0 Å². The molecule has 22 heavy (non-hydrogen) atoms. The molecule has 1 atom stereocenters. The standard InChI is InChI=1S/C18H28O3S/c1-14(2)13-21-22(19,20)11-5-7-16-9-10-18-15(3)6-4-8-17(18)12-16/h4,6,8,14,16H,5,7,9-13H2,1-3H3. The molecule has 3 nitrogen and oxygen atoms in total. The fourth-order valence-electron chi connectivity index (χ4n) is 3.17. The third-order valence-corrected chi connectivity index (χ3v) is 5.69. The lowest BCUT2D eigenvalue weighted by Crippen LogP contribution is -2.18. The van der Waals surface area contributed by atoms with Crippen LogP contribution in [-0.2, 0) is 27.1 Å². The van der Waals surface area contributed by atoms with Crippen LogP contribution in [0.25, 0.3) is 0 Å². The van der Waals surface area contributed by atoms with E-state index in [1.165, 1.54) is 23.1 Å². The zero-order valence-electron chi connectivity index (χ0n) is 14.0. The molecule has 0 heterocycles. The molecular formula is C18H28O3S. The average Bonchev–Trinajstić information content (AvgIpc) is 2.45. The van der Waals surface area contributed by atoms with Crippen molar-refractivity contribution in [3.8, 4) is 0 Å². The number of aryl methyl sites for hydroxylation is 1. The minimum atomic E-state index is -3.34. The molecule has 0 bridgehead atoms. The fourth-order valence-corrected chi connectivity index (χ4v) is 4.28. The van der Waals surface area contributed by atoms with E-state index in [2.05, 4.69) is 25.1 Å². The normalized spacial score (nSPS) is 18.5. The first-order valence-electron chi connectivity index (χ1n) is 8.32. The Bertz CT molecular complexity index is 590. The van der Waals surface area contributed by atoms with Gasteiger partial charge in [0.2, 0.25) is 0 Å². The van der Waals surface area contributed by atoms with Crippen LogP contribution >= 0.6 is 0 Å². The van der Waals surface area contributed by atoms with E-state index < -0.39 is 10.1 Å². The van der Waals surface area contributed by atoms with Crippen molar-refractivity contribution in [1.29, 1.82) is 0 Å². The van der Waals surface area contributed by atoms with Gasteiger partial charge in [0.15, 0.2) is 0 Å². The Morgan fingerprint density at radius 1 is 1.32 bits per heavy atom. The van der Waals surface area contributed by atoms with Gasteiger partial charge >= 0.3 is 0 Å². The maximum Gasteiger partial charge on any atom is 0.267 e. The predicted molar refractivity (Wildman–Crippen MR) is 90.5 cm³/mol. The quantitative estimate of drug-likeness (QED) is 0.715. The highest BCUT2D eigenvalue weighted by Crippen LogP contribution is 2.30. The number of fused-ring (bicyclic) bond motifs is 1.